The quantitative estimate of drug-likeness (QED) is 0.442. The van der Waals surface area contributed by atoms with Crippen LogP contribution < -0.4 is 20.9 Å². The van der Waals surface area contributed by atoms with Crippen LogP contribution in [-0.2, 0) is 13.0 Å². The molecule has 0 spiro atoms. The van der Waals surface area contributed by atoms with Crippen LogP contribution >= 0.6 is 0 Å². The van der Waals surface area contributed by atoms with Crippen molar-refractivity contribution in [1.29, 1.82) is 0 Å². The fourth-order valence-electron chi connectivity index (χ4n) is 3.47. The highest BCUT2D eigenvalue weighted by molar-refractivity contribution is 5.69. The lowest BCUT2D eigenvalue weighted by molar-refractivity contribution is 0.303. The lowest BCUT2D eigenvalue weighted by Crippen LogP contribution is -2.04. The van der Waals surface area contributed by atoms with Gasteiger partial charge in [0.2, 0.25) is 0 Å². The van der Waals surface area contributed by atoms with Gasteiger partial charge in [-0.2, -0.15) is 0 Å². The van der Waals surface area contributed by atoms with Crippen molar-refractivity contribution in [3.05, 3.63) is 102 Å². The minimum atomic E-state index is 0.341. The Morgan fingerprint density at radius 3 is 2.42 bits per heavy atom. The van der Waals surface area contributed by atoms with Crippen molar-refractivity contribution in [2.75, 3.05) is 18.6 Å². The monoisotopic (exact) mass is 411 g/mol. The molecule has 0 saturated heterocycles. The third kappa shape index (κ3) is 4.78. The number of anilines is 2. The van der Waals surface area contributed by atoms with Crippen molar-refractivity contribution in [2.45, 2.75) is 13.0 Å². The van der Waals surface area contributed by atoms with Gasteiger partial charge in [-0.15, -0.1) is 0 Å². The number of benzene rings is 3. The topological polar surface area (TPSA) is 83.4 Å². The van der Waals surface area contributed by atoms with Gasteiger partial charge in [0.05, 0.1) is 12.8 Å². The minimum absolute atomic E-state index is 0.341. The van der Waals surface area contributed by atoms with E-state index in [-0.39, 0.29) is 0 Å². The van der Waals surface area contributed by atoms with Crippen molar-refractivity contribution in [3.8, 4) is 22.6 Å². The third-order valence-corrected chi connectivity index (χ3v) is 5.19. The van der Waals surface area contributed by atoms with Crippen molar-refractivity contribution in [3.63, 3.8) is 0 Å². The Balaban J connectivity index is 1.70. The number of hydrogen-bond acceptors (Lipinski definition) is 5. The van der Waals surface area contributed by atoms with Gasteiger partial charge >= 0.3 is 0 Å². The second-order valence-electron chi connectivity index (χ2n) is 7.27. The molecule has 0 aliphatic carbocycles. The third-order valence-electron chi connectivity index (χ3n) is 5.19. The van der Waals surface area contributed by atoms with Gasteiger partial charge in [-0.05, 0) is 58.1 Å². The molecule has 0 fully saturated rings. The maximum atomic E-state index is 6.19. The van der Waals surface area contributed by atoms with Crippen LogP contribution in [0.15, 0.2) is 85.1 Å². The van der Waals surface area contributed by atoms with Gasteiger partial charge < -0.3 is 20.9 Å². The van der Waals surface area contributed by atoms with Gasteiger partial charge in [0, 0.05) is 12.6 Å². The molecule has 4 rings (SSSR count). The van der Waals surface area contributed by atoms with Crippen LogP contribution in [0.3, 0.4) is 0 Å². The predicted molar refractivity (Wildman–Crippen MR) is 125 cm³/mol. The number of nitrogens with zero attached hydrogens (tertiary/aromatic N) is 1. The number of methoxy groups -OCH3 is 1. The summed E-state index contributed by atoms with van der Waals surface area (Å²) in [5, 5.41) is 0. The molecule has 0 aliphatic rings. The van der Waals surface area contributed by atoms with Gasteiger partial charge in [0.15, 0.2) is 0 Å². The lowest BCUT2D eigenvalue weighted by Gasteiger charge is -2.15. The Morgan fingerprint density at radius 2 is 1.61 bits per heavy atom. The van der Waals surface area contributed by atoms with E-state index in [0.29, 0.717) is 24.5 Å². The van der Waals surface area contributed by atoms with E-state index in [2.05, 4.69) is 23.2 Å². The van der Waals surface area contributed by atoms with Gasteiger partial charge in [0.1, 0.15) is 23.9 Å². The first-order valence-electron chi connectivity index (χ1n) is 10.1. The first-order chi connectivity index (χ1) is 15.1. The molecule has 0 saturated carbocycles. The normalized spacial score (nSPS) is 10.6. The van der Waals surface area contributed by atoms with E-state index in [9.17, 15) is 0 Å². The van der Waals surface area contributed by atoms with E-state index in [1.54, 1.807) is 13.3 Å². The Hall–Kier alpha value is -3.99. The molecule has 0 amide bonds. The second-order valence-corrected chi connectivity index (χ2v) is 7.27. The van der Waals surface area contributed by atoms with Crippen LogP contribution in [0, 0.1) is 0 Å². The van der Waals surface area contributed by atoms with Gasteiger partial charge in [-0.25, -0.2) is 4.98 Å². The average molecular weight is 412 g/mol. The van der Waals surface area contributed by atoms with E-state index in [4.69, 9.17) is 20.9 Å². The van der Waals surface area contributed by atoms with E-state index >= 15 is 0 Å². The van der Waals surface area contributed by atoms with Crippen molar-refractivity contribution in [1.82, 2.24) is 4.98 Å². The standard InChI is InChI=1S/C26H25N3O2/c1-30-23-9-5-8-19(16-23)20-10-11-24(31-17-18-6-3-2-4-7-18)22(14-20)15-21-12-13-29-26(28)25(21)27/h2-14,16H,15,17,27H2,1H3,(H2,28,29). The zero-order valence-electron chi connectivity index (χ0n) is 17.4. The summed E-state index contributed by atoms with van der Waals surface area (Å²) in [4.78, 5) is 4.07. The summed E-state index contributed by atoms with van der Waals surface area (Å²) in [6, 6.07) is 26.2. The zero-order chi connectivity index (χ0) is 21.6. The highest BCUT2D eigenvalue weighted by Gasteiger charge is 2.12. The highest BCUT2D eigenvalue weighted by atomic mass is 16.5. The van der Waals surface area contributed by atoms with E-state index in [1.165, 1.54) is 0 Å². The zero-order valence-corrected chi connectivity index (χ0v) is 17.4. The van der Waals surface area contributed by atoms with Gasteiger partial charge in [0.25, 0.3) is 0 Å². The van der Waals surface area contributed by atoms with Gasteiger partial charge in [-0.1, -0.05) is 48.5 Å². The Labute approximate surface area is 182 Å². The van der Waals surface area contributed by atoms with Crippen LogP contribution in [0.5, 0.6) is 11.5 Å². The summed E-state index contributed by atoms with van der Waals surface area (Å²) in [5.74, 6) is 1.97. The maximum Gasteiger partial charge on any atom is 0.146 e. The van der Waals surface area contributed by atoms with Gasteiger partial charge in [-0.3, -0.25) is 0 Å². The first-order valence-corrected chi connectivity index (χ1v) is 10.1. The number of nitrogen functional groups attached to an aromatic ring is 2. The largest absolute Gasteiger partial charge is 0.497 e. The van der Waals surface area contributed by atoms with Crippen LogP contribution in [0.2, 0.25) is 0 Å². The Morgan fingerprint density at radius 1 is 0.806 bits per heavy atom. The molecule has 0 atom stereocenters. The summed E-state index contributed by atoms with van der Waals surface area (Å²) >= 11 is 0. The molecule has 1 aromatic heterocycles. The number of ether oxygens (including phenoxy) is 2. The lowest BCUT2D eigenvalue weighted by atomic mass is 9.97. The van der Waals surface area contributed by atoms with Crippen molar-refractivity contribution in [2.24, 2.45) is 0 Å². The number of nitrogens with two attached hydrogens (primary N) is 2. The molecule has 0 radical (unpaired) electrons. The maximum absolute atomic E-state index is 6.19. The molecule has 0 unspecified atom stereocenters. The van der Waals surface area contributed by atoms with Crippen molar-refractivity contribution < 1.29 is 9.47 Å². The molecule has 0 aliphatic heterocycles. The van der Waals surface area contributed by atoms with E-state index in [1.807, 2.05) is 60.7 Å². The van der Waals surface area contributed by atoms with Crippen LogP contribution in [0.1, 0.15) is 16.7 Å². The smallest absolute Gasteiger partial charge is 0.146 e. The predicted octanol–water partition coefficient (Wildman–Crippen LogP) is 5.09. The molecule has 3 aromatic carbocycles. The number of pyridine rings is 1. The summed E-state index contributed by atoms with van der Waals surface area (Å²) < 4.78 is 11.6. The minimum Gasteiger partial charge on any atom is -0.497 e. The number of hydrogen-bond donors (Lipinski definition) is 2. The number of rotatable bonds is 7. The summed E-state index contributed by atoms with van der Waals surface area (Å²) in [7, 11) is 1.67. The fourth-order valence-corrected chi connectivity index (χ4v) is 3.47. The fraction of sp³-hybridized carbons (Fsp3) is 0.115. The van der Waals surface area contributed by atoms with E-state index < -0.39 is 0 Å². The first kappa shape index (κ1) is 20.3. The van der Waals surface area contributed by atoms with Crippen LogP contribution in [0.4, 0.5) is 11.5 Å². The van der Waals surface area contributed by atoms with Crippen LogP contribution in [0.25, 0.3) is 11.1 Å². The molecule has 4 aromatic rings. The van der Waals surface area contributed by atoms with E-state index in [0.717, 1.165) is 39.3 Å². The second kappa shape index (κ2) is 9.22. The molecule has 5 heteroatoms. The SMILES string of the molecule is COc1cccc(-c2ccc(OCc3ccccc3)c(Cc3ccnc(N)c3N)c2)c1. The van der Waals surface area contributed by atoms with Crippen LogP contribution in [-0.4, -0.2) is 12.1 Å². The molecular formula is C26H25N3O2. The molecule has 156 valence electrons. The number of aromatic nitrogens is 1. The Bertz CT molecular complexity index is 1180. The molecule has 31 heavy (non-hydrogen) atoms. The molecule has 4 N–H and O–H groups in total. The average Bonchev–Trinajstić information content (AvgIpc) is 2.82. The van der Waals surface area contributed by atoms with Crippen molar-refractivity contribution >= 4 is 11.5 Å². The molecular weight excluding hydrogens is 386 g/mol. The summed E-state index contributed by atoms with van der Waals surface area (Å²) in [6.45, 7) is 0.486. The molecule has 1 heterocycles. The highest BCUT2D eigenvalue weighted by Crippen LogP contribution is 2.32. The Kier molecular flexibility index (Phi) is 6.03. The summed E-state index contributed by atoms with van der Waals surface area (Å²) in [6.07, 6.45) is 2.26. The molecule has 5 nitrogen and oxygen atoms in total. The summed E-state index contributed by atoms with van der Waals surface area (Å²) in [5.41, 5.74) is 17.8. The molecule has 0 bridgehead atoms.